The van der Waals surface area contributed by atoms with E-state index in [1.807, 2.05) is 18.2 Å². The zero-order chi connectivity index (χ0) is 28.7. The van der Waals surface area contributed by atoms with E-state index < -0.39 is 6.10 Å². The van der Waals surface area contributed by atoms with Crippen molar-refractivity contribution in [2.24, 2.45) is 17.8 Å². The highest BCUT2D eigenvalue weighted by atomic mass is 16.5. The number of aliphatic hydroxyl groups excluding tert-OH is 1. The van der Waals surface area contributed by atoms with E-state index in [-0.39, 0.29) is 35.9 Å². The smallest absolute Gasteiger partial charge is 0.311 e. The van der Waals surface area contributed by atoms with Gasteiger partial charge in [0.05, 0.1) is 6.10 Å². The van der Waals surface area contributed by atoms with Gasteiger partial charge in [0.15, 0.2) is 0 Å². The zero-order valence-corrected chi connectivity index (χ0v) is 24.0. The van der Waals surface area contributed by atoms with Crippen LogP contribution >= 0.6 is 0 Å². The number of amides is 1. The number of rotatable bonds is 16. The topological polar surface area (TPSA) is 92.7 Å². The summed E-state index contributed by atoms with van der Waals surface area (Å²) < 4.78 is 5.43. The fourth-order valence-electron chi connectivity index (χ4n) is 5.29. The SMILES string of the molecule is CCCCC[C@H](C)/C=C/[C@H]1[C@H](O)CC(=O)[C@@H]1CCCCCCC(=O)Oc1ccc(NC(=O)c2ccccc2)cc1. The van der Waals surface area contributed by atoms with Crippen LogP contribution in [0.2, 0.25) is 0 Å². The molecule has 0 aliphatic heterocycles. The van der Waals surface area contributed by atoms with E-state index in [0.29, 0.717) is 29.3 Å². The van der Waals surface area contributed by atoms with Crippen LogP contribution in [0.25, 0.3) is 0 Å². The molecule has 6 heteroatoms. The number of aliphatic hydroxyl groups is 1. The highest BCUT2D eigenvalue weighted by molar-refractivity contribution is 6.04. The molecule has 4 atom stereocenters. The number of carbonyl (C=O) groups is 3. The predicted molar refractivity (Wildman–Crippen MR) is 159 cm³/mol. The first kappa shape index (κ1) is 31.3. The highest BCUT2D eigenvalue weighted by Gasteiger charge is 2.39. The first-order chi connectivity index (χ1) is 19.4. The molecule has 1 aliphatic carbocycles. The highest BCUT2D eigenvalue weighted by Crippen LogP contribution is 2.34. The summed E-state index contributed by atoms with van der Waals surface area (Å²) in [5, 5.41) is 13.3. The quantitative estimate of drug-likeness (QED) is 0.0981. The van der Waals surface area contributed by atoms with Crippen LogP contribution in [0.3, 0.4) is 0 Å². The number of esters is 1. The van der Waals surface area contributed by atoms with Gasteiger partial charge in [-0.25, -0.2) is 0 Å². The van der Waals surface area contributed by atoms with Gasteiger partial charge >= 0.3 is 5.97 Å². The molecule has 2 aromatic rings. The maximum absolute atomic E-state index is 12.5. The minimum Gasteiger partial charge on any atom is -0.427 e. The maximum Gasteiger partial charge on any atom is 0.311 e. The number of nitrogens with one attached hydrogen (secondary N) is 1. The van der Waals surface area contributed by atoms with E-state index in [1.54, 1.807) is 36.4 Å². The van der Waals surface area contributed by atoms with E-state index >= 15 is 0 Å². The van der Waals surface area contributed by atoms with E-state index in [9.17, 15) is 19.5 Å². The van der Waals surface area contributed by atoms with Gasteiger partial charge < -0.3 is 15.2 Å². The first-order valence-electron chi connectivity index (χ1n) is 14.9. The molecular weight excluding hydrogens is 502 g/mol. The maximum atomic E-state index is 12.5. The van der Waals surface area contributed by atoms with Crippen molar-refractivity contribution in [2.75, 3.05) is 5.32 Å². The lowest BCUT2D eigenvalue weighted by atomic mass is 9.87. The van der Waals surface area contributed by atoms with Crippen molar-refractivity contribution in [3.05, 3.63) is 72.3 Å². The standard InChI is InChI=1S/C34H45NO5/c1-3-4-8-13-25(2)18-23-30-29(31(36)24-32(30)37)16-11-5-6-12-17-33(38)40-28-21-19-27(20-22-28)35-34(39)26-14-9-7-10-15-26/h7,9-10,14-15,18-23,25,29-30,32,37H,3-6,8,11-13,16-17,24H2,1-2H3,(H,35,39)/b23-18+/t25-,29+,30+,32+/m0/s1. The normalized spacial score (nSPS) is 19.6. The number of unbranched alkanes of at least 4 members (excludes halogenated alkanes) is 5. The molecule has 0 bridgehead atoms. The fourth-order valence-corrected chi connectivity index (χ4v) is 5.29. The van der Waals surface area contributed by atoms with Crippen molar-refractivity contribution in [1.82, 2.24) is 0 Å². The second-order valence-electron chi connectivity index (χ2n) is 11.1. The van der Waals surface area contributed by atoms with Crippen LogP contribution in [0.15, 0.2) is 66.7 Å². The summed E-state index contributed by atoms with van der Waals surface area (Å²) in [5.74, 6) is 0.434. The molecule has 1 fully saturated rings. The van der Waals surface area contributed by atoms with Crippen molar-refractivity contribution < 1.29 is 24.2 Å². The number of ether oxygens (including phenoxy) is 1. The van der Waals surface area contributed by atoms with Gasteiger partial charge in [-0.3, -0.25) is 14.4 Å². The zero-order valence-electron chi connectivity index (χ0n) is 24.0. The van der Waals surface area contributed by atoms with E-state index in [4.69, 9.17) is 4.74 Å². The predicted octanol–water partition coefficient (Wildman–Crippen LogP) is 7.52. The molecule has 2 aromatic carbocycles. The van der Waals surface area contributed by atoms with Crippen molar-refractivity contribution in [3.8, 4) is 5.75 Å². The second kappa shape index (κ2) is 16.8. The summed E-state index contributed by atoms with van der Waals surface area (Å²) >= 11 is 0. The third-order valence-electron chi connectivity index (χ3n) is 7.68. The van der Waals surface area contributed by atoms with Crippen LogP contribution in [-0.4, -0.2) is 28.9 Å². The molecular formula is C34H45NO5. The minimum absolute atomic E-state index is 0.0749. The summed E-state index contributed by atoms with van der Waals surface area (Å²) in [7, 11) is 0. The van der Waals surface area contributed by atoms with Gasteiger partial charge in [0.1, 0.15) is 11.5 Å². The minimum atomic E-state index is -0.569. The van der Waals surface area contributed by atoms with Gasteiger partial charge in [-0.05, 0) is 61.6 Å². The molecule has 0 spiro atoms. The van der Waals surface area contributed by atoms with Gasteiger partial charge in [-0.2, -0.15) is 0 Å². The summed E-state index contributed by atoms with van der Waals surface area (Å²) in [6.45, 7) is 4.41. The fraction of sp³-hybridized carbons (Fsp3) is 0.500. The number of allylic oxidation sites excluding steroid dienone is 1. The molecule has 2 N–H and O–H groups in total. The van der Waals surface area contributed by atoms with Gasteiger partial charge in [-0.15, -0.1) is 0 Å². The Morgan fingerprint density at radius 2 is 1.73 bits per heavy atom. The van der Waals surface area contributed by atoms with Crippen LogP contribution in [0, 0.1) is 17.8 Å². The van der Waals surface area contributed by atoms with E-state index in [0.717, 1.165) is 38.5 Å². The lowest BCUT2D eigenvalue weighted by molar-refractivity contribution is -0.134. The summed E-state index contributed by atoms with van der Waals surface area (Å²) in [5.41, 5.74) is 1.20. The summed E-state index contributed by atoms with van der Waals surface area (Å²) in [6.07, 6.45) is 13.4. The Morgan fingerprint density at radius 3 is 2.45 bits per heavy atom. The Balaban J connectivity index is 1.32. The van der Waals surface area contributed by atoms with Crippen molar-refractivity contribution in [3.63, 3.8) is 0 Å². The number of benzene rings is 2. The molecule has 0 saturated heterocycles. The molecule has 0 radical (unpaired) electrons. The van der Waals surface area contributed by atoms with Crippen molar-refractivity contribution in [1.29, 1.82) is 0 Å². The Bertz CT molecular complexity index is 1100. The Hall–Kier alpha value is -3.25. The number of carbonyl (C=O) groups excluding carboxylic acids is 3. The number of hydrogen-bond donors (Lipinski definition) is 2. The molecule has 1 saturated carbocycles. The van der Waals surface area contributed by atoms with Crippen molar-refractivity contribution >= 4 is 23.3 Å². The molecule has 0 heterocycles. The average Bonchev–Trinajstić information content (AvgIpc) is 3.22. The molecule has 40 heavy (non-hydrogen) atoms. The van der Waals surface area contributed by atoms with Gasteiger partial charge in [-0.1, -0.05) is 82.7 Å². The monoisotopic (exact) mass is 547 g/mol. The number of ketones is 1. The Labute approximate surface area is 239 Å². The number of Topliss-reactive ketones (excluding diaryl/α,β-unsaturated/α-hetero) is 1. The molecule has 1 aliphatic rings. The Morgan fingerprint density at radius 1 is 1.00 bits per heavy atom. The lowest BCUT2D eigenvalue weighted by Crippen LogP contribution is -2.18. The number of hydrogen-bond acceptors (Lipinski definition) is 5. The molecule has 6 nitrogen and oxygen atoms in total. The van der Waals surface area contributed by atoms with Crippen LogP contribution < -0.4 is 10.1 Å². The van der Waals surface area contributed by atoms with Gasteiger partial charge in [0.2, 0.25) is 0 Å². The molecule has 216 valence electrons. The molecule has 3 rings (SSSR count). The first-order valence-corrected chi connectivity index (χ1v) is 14.9. The summed E-state index contributed by atoms with van der Waals surface area (Å²) in [6, 6.07) is 15.7. The summed E-state index contributed by atoms with van der Waals surface area (Å²) in [4.78, 5) is 37.0. The second-order valence-corrected chi connectivity index (χ2v) is 11.1. The average molecular weight is 548 g/mol. The largest absolute Gasteiger partial charge is 0.427 e. The van der Waals surface area contributed by atoms with Crippen LogP contribution in [0.5, 0.6) is 5.75 Å². The lowest BCUT2D eigenvalue weighted by Gasteiger charge is -2.18. The third-order valence-corrected chi connectivity index (χ3v) is 7.68. The van der Waals surface area contributed by atoms with E-state index in [1.165, 1.54) is 19.3 Å². The van der Waals surface area contributed by atoms with Crippen LogP contribution in [0.4, 0.5) is 5.69 Å². The van der Waals surface area contributed by atoms with Crippen molar-refractivity contribution in [2.45, 2.75) is 90.6 Å². The Kier molecular flexibility index (Phi) is 13.1. The van der Waals surface area contributed by atoms with Crippen LogP contribution in [-0.2, 0) is 9.59 Å². The van der Waals surface area contributed by atoms with E-state index in [2.05, 4.69) is 31.3 Å². The number of anilines is 1. The van der Waals surface area contributed by atoms with Gasteiger partial charge in [0, 0.05) is 35.9 Å². The van der Waals surface area contributed by atoms with Crippen LogP contribution in [0.1, 0.15) is 94.8 Å². The van der Waals surface area contributed by atoms with Gasteiger partial charge in [0.25, 0.3) is 5.91 Å². The molecule has 0 aromatic heterocycles. The third kappa shape index (κ3) is 10.4. The molecule has 0 unspecified atom stereocenters. The molecule has 1 amide bonds.